The minimum atomic E-state index is -6.02. The molecule has 1 aromatic rings. The van der Waals surface area contributed by atoms with Crippen LogP contribution in [0.5, 0.6) is 0 Å². The van der Waals surface area contributed by atoms with E-state index in [2.05, 4.69) is 10.2 Å². The summed E-state index contributed by atoms with van der Waals surface area (Å²) in [6, 6.07) is 2.33. The number of carbonyl (C=O) groups excluding carboxylic acids is 1. The molecule has 0 fully saturated rings. The van der Waals surface area contributed by atoms with Gasteiger partial charge in [-0.2, -0.15) is 27.1 Å². The molecule has 0 atom stereocenters. The lowest BCUT2D eigenvalue weighted by atomic mass is 10.1. The van der Waals surface area contributed by atoms with Crippen LogP contribution in [0, 0.1) is 0 Å². The van der Waals surface area contributed by atoms with Gasteiger partial charge in [-0.15, -0.1) is 5.10 Å². The molecule has 0 aromatic carbocycles. The average Bonchev–Trinajstić information content (AvgIpc) is 2.28. The van der Waals surface area contributed by atoms with Crippen molar-refractivity contribution in [1.82, 2.24) is 10.2 Å². The van der Waals surface area contributed by atoms with Crippen LogP contribution in [-0.4, -0.2) is 33.2 Å². The first-order chi connectivity index (χ1) is 8.16. The van der Waals surface area contributed by atoms with Gasteiger partial charge in [-0.25, -0.2) is 0 Å². The Morgan fingerprint density at radius 2 is 1.89 bits per heavy atom. The van der Waals surface area contributed by atoms with Crippen LogP contribution in [0.3, 0.4) is 0 Å². The molecule has 4 nitrogen and oxygen atoms in total. The lowest BCUT2D eigenvalue weighted by Crippen LogP contribution is -2.43. The maximum Gasteiger partial charge on any atom is 0.461 e. The van der Waals surface area contributed by atoms with Crippen LogP contribution in [0.2, 0.25) is 0 Å². The molecule has 0 aliphatic heterocycles. The molecule has 0 saturated carbocycles. The Balaban J connectivity index is 3.01. The van der Waals surface area contributed by atoms with Gasteiger partial charge in [0.25, 0.3) is 0 Å². The highest BCUT2D eigenvalue weighted by molar-refractivity contribution is 6.00. The molecule has 1 aromatic heterocycles. The molecular formula is C9H5F5N2O2. The number of carbonyl (C=O) groups is 1. The minimum Gasteiger partial charge on any atom is -0.505 e. The van der Waals surface area contributed by atoms with Crippen molar-refractivity contribution in [2.45, 2.75) is 12.1 Å². The number of aliphatic hydroxyl groups is 1. The quantitative estimate of drug-likeness (QED) is 0.518. The number of halogens is 5. The van der Waals surface area contributed by atoms with Crippen molar-refractivity contribution in [2.24, 2.45) is 0 Å². The van der Waals surface area contributed by atoms with E-state index in [1.165, 1.54) is 12.3 Å². The second-order valence-corrected chi connectivity index (χ2v) is 3.07. The second-order valence-electron chi connectivity index (χ2n) is 3.07. The van der Waals surface area contributed by atoms with E-state index >= 15 is 0 Å². The first kappa shape index (κ1) is 14.0. The molecule has 0 aliphatic carbocycles. The van der Waals surface area contributed by atoms with Crippen LogP contribution in [0.4, 0.5) is 22.0 Å². The number of hydrogen-bond acceptors (Lipinski definition) is 4. The molecule has 1 heterocycles. The minimum absolute atomic E-state index is 0.239. The van der Waals surface area contributed by atoms with Crippen molar-refractivity contribution >= 4 is 11.5 Å². The van der Waals surface area contributed by atoms with E-state index in [0.29, 0.717) is 0 Å². The third-order valence-electron chi connectivity index (χ3n) is 1.77. The lowest BCUT2D eigenvalue weighted by Gasteiger charge is -2.16. The van der Waals surface area contributed by atoms with E-state index in [1.54, 1.807) is 0 Å². The number of aromatic nitrogens is 2. The van der Waals surface area contributed by atoms with Crippen LogP contribution in [-0.2, 0) is 4.79 Å². The average molecular weight is 268 g/mol. The van der Waals surface area contributed by atoms with Crippen molar-refractivity contribution in [3.8, 4) is 0 Å². The Morgan fingerprint density at radius 1 is 1.28 bits per heavy atom. The number of hydrogen-bond donors (Lipinski definition) is 1. The van der Waals surface area contributed by atoms with Gasteiger partial charge >= 0.3 is 12.1 Å². The van der Waals surface area contributed by atoms with E-state index in [4.69, 9.17) is 5.11 Å². The molecular weight excluding hydrogens is 263 g/mol. The maximum absolute atomic E-state index is 12.5. The van der Waals surface area contributed by atoms with Gasteiger partial charge in [0, 0.05) is 12.3 Å². The van der Waals surface area contributed by atoms with Gasteiger partial charge < -0.3 is 5.11 Å². The Kier molecular flexibility index (Phi) is 3.63. The largest absolute Gasteiger partial charge is 0.505 e. The van der Waals surface area contributed by atoms with Crippen LogP contribution in [0.1, 0.15) is 5.69 Å². The summed E-state index contributed by atoms with van der Waals surface area (Å²) in [7, 11) is 0. The number of nitrogens with zero attached hydrogens (tertiary/aromatic N) is 2. The van der Waals surface area contributed by atoms with Crippen molar-refractivity contribution < 1.29 is 31.9 Å². The molecule has 9 heteroatoms. The smallest absolute Gasteiger partial charge is 0.461 e. The van der Waals surface area contributed by atoms with E-state index in [0.717, 1.165) is 6.07 Å². The predicted octanol–water partition coefficient (Wildman–Crippen LogP) is 2.14. The molecule has 0 bridgehead atoms. The molecule has 1 rings (SSSR count). The summed E-state index contributed by atoms with van der Waals surface area (Å²) in [5, 5.41) is 15.6. The Morgan fingerprint density at radius 3 is 2.33 bits per heavy atom. The molecule has 18 heavy (non-hydrogen) atoms. The lowest BCUT2D eigenvalue weighted by molar-refractivity contribution is -0.266. The summed E-state index contributed by atoms with van der Waals surface area (Å²) in [5.74, 6) is -9.28. The second kappa shape index (κ2) is 4.67. The number of ketones is 1. The van der Waals surface area contributed by atoms with Gasteiger partial charge in [-0.3, -0.25) is 4.79 Å². The summed E-state index contributed by atoms with van der Waals surface area (Å²) < 4.78 is 60.5. The maximum atomic E-state index is 12.5. The Labute approximate surface area is 96.8 Å². The fraction of sp³-hybridized carbons (Fsp3) is 0.222. The van der Waals surface area contributed by atoms with Crippen LogP contribution in [0.15, 0.2) is 24.4 Å². The van der Waals surface area contributed by atoms with Crippen molar-refractivity contribution in [2.75, 3.05) is 0 Å². The van der Waals surface area contributed by atoms with E-state index in [1.807, 2.05) is 0 Å². The first-order valence-electron chi connectivity index (χ1n) is 4.34. The summed E-state index contributed by atoms with van der Waals surface area (Å²) in [6.45, 7) is 0. The normalized spacial score (nSPS) is 13.5. The molecule has 0 unspecified atom stereocenters. The SMILES string of the molecule is O=C(C=C(O)c1cccnn1)C(F)(F)C(F)(F)F. The highest BCUT2D eigenvalue weighted by atomic mass is 19.4. The summed E-state index contributed by atoms with van der Waals surface area (Å²) in [6.07, 6.45) is -5.08. The zero-order valence-corrected chi connectivity index (χ0v) is 8.45. The molecule has 0 amide bonds. The fourth-order valence-electron chi connectivity index (χ4n) is 0.867. The van der Waals surface area contributed by atoms with Gasteiger partial charge in [0.2, 0.25) is 5.78 Å². The van der Waals surface area contributed by atoms with E-state index in [9.17, 15) is 26.7 Å². The van der Waals surface area contributed by atoms with Gasteiger partial charge in [0.05, 0.1) is 0 Å². The zero-order chi connectivity index (χ0) is 14.0. The summed E-state index contributed by atoms with van der Waals surface area (Å²) in [4.78, 5) is 10.7. The van der Waals surface area contributed by atoms with E-state index in [-0.39, 0.29) is 6.08 Å². The third kappa shape index (κ3) is 2.79. The number of aliphatic hydroxyl groups excluding tert-OH is 1. The van der Waals surface area contributed by atoms with Crippen molar-refractivity contribution in [3.05, 3.63) is 30.1 Å². The van der Waals surface area contributed by atoms with Crippen LogP contribution in [0.25, 0.3) is 5.76 Å². The molecule has 98 valence electrons. The van der Waals surface area contributed by atoms with Gasteiger partial charge in [0.15, 0.2) is 0 Å². The fourth-order valence-corrected chi connectivity index (χ4v) is 0.867. The molecule has 0 aliphatic rings. The van der Waals surface area contributed by atoms with Crippen molar-refractivity contribution in [3.63, 3.8) is 0 Å². The molecule has 0 spiro atoms. The summed E-state index contributed by atoms with van der Waals surface area (Å²) in [5.41, 5.74) is -0.399. The van der Waals surface area contributed by atoms with Crippen LogP contribution < -0.4 is 0 Å². The monoisotopic (exact) mass is 268 g/mol. The Hall–Kier alpha value is -2.06. The number of allylic oxidation sites excluding steroid dienone is 1. The van der Waals surface area contributed by atoms with Crippen LogP contribution >= 0.6 is 0 Å². The highest BCUT2D eigenvalue weighted by Crippen LogP contribution is 2.36. The summed E-state index contributed by atoms with van der Waals surface area (Å²) >= 11 is 0. The first-order valence-corrected chi connectivity index (χ1v) is 4.34. The van der Waals surface area contributed by atoms with Gasteiger partial charge in [-0.1, -0.05) is 0 Å². The molecule has 0 radical (unpaired) electrons. The number of rotatable bonds is 3. The van der Waals surface area contributed by atoms with Gasteiger partial charge in [0.1, 0.15) is 11.5 Å². The predicted molar refractivity (Wildman–Crippen MR) is 48.6 cm³/mol. The highest BCUT2D eigenvalue weighted by Gasteiger charge is 2.62. The zero-order valence-electron chi connectivity index (χ0n) is 8.45. The Bertz CT molecular complexity index is 470. The number of alkyl halides is 5. The van der Waals surface area contributed by atoms with E-state index < -0.39 is 29.3 Å². The third-order valence-corrected chi connectivity index (χ3v) is 1.77. The van der Waals surface area contributed by atoms with Gasteiger partial charge in [-0.05, 0) is 12.1 Å². The standard InChI is InChI=1S/C9H5F5N2O2/c10-8(11,9(12,13)14)7(18)4-6(17)5-2-1-3-15-16-5/h1-4,17H. The van der Waals surface area contributed by atoms with Crippen molar-refractivity contribution in [1.29, 1.82) is 0 Å². The molecule has 0 saturated heterocycles. The topological polar surface area (TPSA) is 63.1 Å². The molecule has 1 N–H and O–H groups in total.